The summed E-state index contributed by atoms with van der Waals surface area (Å²) in [6, 6.07) is 19.5. The van der Waals surface area contributed by atoms with Crippen LogP contribution in [0.3, 0.4) is 0 Å². The molecule has 0 aliphatic heterocycles. The third-order valence-electron chi connectivity index (χ3n) is 4.67. The van der Waals surface area contributed by atoms with E-state index < -0.39 is 14.9 Å². The van der Waals surface area contributed by atoms with Crippen molar-refractivity contribution in [2.75, 3.05) is 7.11 Å². The van der Waals surface area contributed by atoms with E-state index in [0.29, 0.717) is 11.3 Å². The van der Waals surface area contributed by atoms with Crippen LogP contribution in [0, 0.1) is 10.1 Å². The van der Waals surface area contributed by atoms with Crippen LogP contribution in [0.1, 0.15) is 0 Å². The Morgan fingerprint density at radius 1 is 0.966 bits per heavy atom. The highest BCUT2D eigenvalue weighted by atomic mass is 32.2. The lowest BCUT2D eigenvalue weighted by atomic mass is 10.0. The second-order valence-electron chi connectivity index (χ2n) is 6.34. The predicted octanol–water partition coefficient (Wildman–Crippen LogP) is 4.46. The molecule has 8 heteroatoms. The quantitative estimate of drug-likeness (QED) is 0.359. The van der Waals surface area contributed by atoms with Gasteiger partial charge in [-0.1, -0.05) is 30.3 Å². The maximum Gasteiger partial charge on any atom is 0.269 e. The molecule has 0 bridgehead atoms. The van der Waals surface area contributed by atoms with Crippen molar-refractivity contribution < 1.29 is 18.1 Å². The van der Waals surface area contributed by atoms with Gasteiger partial charge in [0.15, 0.2) is 0 Å². The molecule has 1 aromatic heterocycles. The molecule has 0 N–H and O–H groups in total. The first-order valence-corrected chi connectivity index (χ1v) is 10.1. The lowest BCUT2D eigenvalue weighted by Crippen LogP contribution is -2.11. The van der Waals surface area contributed by atoms with Gasteiger partial charge in [0, 0.05) is 29.3 Å². The molecule has 0 atom stereocenters. The average Bonchev–Trinajstić information content (AvgIpc) is 3.14. The molecule has 0 unspecified atom stereocenters. The van der Waals surface area contributed by atoms with E-state index in [-0.39, 0.29) is 10.6 Å². The van der Waals surface area contributed by atoms with Crippen molar-refractivity contribution >= 4 is 26.6 Å². The fourth-order valence-corrected chi connectivity index (χ4v) is 4.58. The number of benzene rings is 3. The first-order valence-electron chi connectivity index (χ1n) is 8.66. The molecule has 3 aromatic carbocycles. The van der Waals surface area contributed by atoms with Crippen LogP contribution < -0.4 is 4.74 Å². The summed E-state index contributed by atoms with van der Waals surface area (Å²) in [7, 11) is -2.41. The molecule has 0 aliphatic rings. The highest BCUT2D eigenvalue weighted by molar-refractivity contribution is 7.90. The second kappa shape index (κ2) is 7.06. The third-order valence-corrected chi connectivity index (χ3v) is 6.35. The summed E-state index contributed by atoms with van der Waals surface area (Å²) in [5, 5.41) is 11.6. The van der Waals surface area contributed by atoms with Crippen LogP contribution in [0.4, 0.5) is 5.69 Å². The Balaban J connectivity index is 1.95. The molecule has 1 heterocycles. The van der Waals surface area contributed by atoms with Crippen molar-refractivity contribution in [3.63, 3.8) is 0 Å². The number of methoxy groups -OCH3 is 1. The number of nitrogens with zero attached hydrogens (tertiary/aromatic N) is 2. The Kier molecular flexibility index (Phi) is 4.56. The molecule has 4 aromatic rings. The van der Waals surface area contributed by atoms with Crippen LogP contribution >= 0.6 is 0 Å². The monoisotopic (exact) mass is 408 g/mol. The number of nitro groups is 1. The first kappa shape index (κ1) is 18.7. The molecule has 0 amide bonds. The Bertz CT molecular complexity index is 1310. The van der Waals surface area contributed by atoms with E-state index in [4.69, 9.17) is 4.74 Å². The van der Waals surface area contributed by atoms with Gasteiger partial charge in [-0.2, -0.15) is 0 Å². The number of non-ortho nitro benzene ring substituents is 1. The average molecular weight is 408 g/mol. The molecule has 0 fully saturated rings. The van der Waals surface area contributed by atoms with Gasteiger partial charge in [0.05, 0.1) is 22.4 Å². The third kappa shape index (κ3) is 3.23. The molecule has 0 radical (unpaired) electrons. The van der Waals surface area contributed by atoms with Crippen LogP contribution in [-0.4, -0.2) is 24.4 Å². The zero-order valence-electron chi connectivity index (χ0n) is 15.3. The largest absolute Gasteiger partial charge is 0.497 e. The van der Waals surface area contributed by atoms with Gasteiger partial charge in [-0.25, -0.2) is 12.4 Å². The van der Waals surface area contributed by atoms with E-state index in [0.717, 1.165) is 16.5 Å². The van der Waals surface area contributed by atoms with E-state index in [2.05, 4.69) is 0 Å². The van der Waals surface area contributed by atoms with Crippen LogP contribution in [0.15, 0.2) is 83.9 Å². The van der Waals surface area contributed by atoms with Crippen molar-refractivity contribution in [3.8, 4) is 16.9 Å². The van der Waals surface area contributed by atoms with Gasteiger partial charge in [0.25, 0.3) is 15.7 Å². The zero-order valence-corrected chi connectivity index (χ0v) is 16.2. The van der Waals surface area contributed by atoms with Crippen LogP contribution in [0.2, 0.25) is 0 Å². The van der Waals surface area contributed by atoms with Gasteiger partial charge < -0.3 is 4.74 Å². The number of ether oxygens (including phenoxy) is 1. The minimum absolute atomic E-state index is 0.0320. The number of fused-ring (bicyclic) bond motifs is 1. The minimum atomic E-state index is -3.96. The fourth-order valence-electron chi connectivity index (χ4n) is 3.21. The molecular formula is C21H16N2O5S. The highest BCUT2D eigenvalue weighted by Crippen LogP contribution is 2.35. The number of nitro benzene ring substituents is 1. The maximum absolute atomic E-state index is 13.3. The lowest BCUT2D eigenvalue weighted by molar-refractivity contribution is -0.384. The topological polar surface area (TPSA) is 91.4 Å². The van der Waals surface area contributed by atoms with E-state index in [1.165, 1.54) is 28.2 Å². The summed E-state index contributed by atoms with van der Waals surface area (Å²) >= 11 is 0. The SMILES string of the molecule is COc1ccc2c(c1)c(-c1ccccc1)cn2S(=O)(=O)c1ccc([N+](=O)[O-])cc1. The zero-order chi connectivity index (χ0) is 20.6. The smallest absolute Gasteiger partial charge is 0.269 e. The van der Waals surface area contributed by atoms with Gasteiger partial charge in [-0.05, 0) is 35.9 Å². The van der Waals surface area contributed by atoms with Gasteiger partial charge in [-0.15, -0.1) is 0 Å². The fraction of sp³-hybridized carbons (Fsp3) is 0.0476. The summed E-state index contributed by atoms with van der Waals surface area (Å²) < 4.78 is 33.1. The molecule has 4 rings (SSSR count). The predicted molar refractivity (Wildman–Crippen MR) is 110 cm³/mol. The normalized spacial score (nSPS) is 11.5. The molecule has 0 saturated carbocycles. The summed E-state index contributed by atoms with van der Waals surface area (Å²) in [4.78, 5) is 10.3. The maximum atomic E-state index is 13.3. The summed E-state index contributed by atoms with van der Waals surface area (Å²) in [5.74, 6) is 0.611. The Hall–Kier alpha value is -3.65. The first-order chi connectivity index (χ1) is 13.9. The van der Waals surface area contributed by atoms with Crippen molar-refractivity contribution in [1.82, 2.24) is 3.97 Å². The number of hydrogen-bond acceptors (Lipinski definition) is 5. The van der Waals surface area contributed by atoms with Crippen molar-refractivity contribution in [1.29, 1.82) is 0 Å². The molecular weight excluding hydrogens is 392 g/mol. The molecule has 7 nitrogen and oxygen atoms in total. The Labute approximate surface area is 167 Å². The van der Waals surface area contributed by atoms with E-state index in [9.17, 15) is 18.5 Å². The Morgan fingerprint density at radius 2 is 1.66 bits per heavy atom. The number of aromatic nitrogens is 1. The van der Waals surface area contributed by atoms with Gasteiger partial charge in [-0.3, -0.25) is 10.1 Å². The van der Waals surface area contributed by atoms with Crippen molar-refractivity contribution in [2.45, 2.75) is 4.90 Å². The molecule has 146 valence electrons. The van der Waals surface area contributed by atoms with Gasteiger partial charge in [0.2, 0.25) is 0 Å². The van der Waals surface area contributed by atoms with Gasteiger partial charge >= 0.3 is 0 Å². The van der Waals surface area contributed by atoms with E-state index in [1.54, 1.807) is 31.5 Å². The highest BCUT2D eigenvalue weighted by Gasteiger charge is 2.23. The van der Waals surface area contributed by atoms with Gasteiger partial charge in [0.1, 0.15) is 5.75 Å². The molecule has 0 saturated heterocycles. The number of hydrogen-bond donors (Lipinski definition) is 0. The number of rotatable bonds is 5. The Morgan fingerprint density at radius 3 is 2.28 bits per heavy atom. The molecule has 29 heavy (non-hydrogen) atoms. The van der Waals surface area contributed by atoms with Crippen molar-refractivity contribution in [3.05, 3.63) is 89.1 Å². The van der Waals surface area contributed by atoms with E-state index in [1.807, 2.05) is 30.3 Å². The summed E-state index contributed by atoms with van der Waals surface area (Å²) in [6.07, 6.45) is 1.57. The van der Waals surface area contributed by atoms with Crippen LogP contribution in [-0.2, 0) is 10.0 Å². The van der Waals surface area contributed by atoms with Crippen LogP contribution in [0.25, 0.3) is 22.0 Å². The lowest BCUT2D eigenvalue weighted by Gasteiger charge is -2.08. The van der Waals surface area contributed by atoms with E-state index >= 15 is 0 Å². The standard InChI is InChI=1S/C21H16N2O5S/c1-28-17-9-12-21-19(13-17)20(15-5-3-2-4-6-15)14-22(21)29(26,27)18-10-7-16(8-11-18)23(24)25/h2-14H,1H3. The summed E-state index contributed by atoms with van der Waals surface area (Å²) in [5.41, 5.74) is 1.92. The minimum Gasteiger partial charge on any atom is -0.497 e. The second-order valence-corrected chi connectivity index (χ2v) is 8.16. The molecule has 0 aliphatic carbocycles. The van der Waals surface area contributed by atoms with Crippen LogP contribution in [0.5, 0.6) is 5.75 Å². The van der Waals surface area contributed by atoms with Crippen molar-refractivity contribution in [2.24, 2.45) is 0 Å². The summed E-state index contributed by atoms with van der Waals surface area (Å²) in [6.45, 7) is 0. The molecule has 0 spiro atoms.